The molecule has 0 aliphatic rings. The average Bonchev–Trinajstić information content (AvgIpc) is 2.59. The Labute approximate surface area is 147 Å². The lowest BCUT2D eigenvalue weighted by atomic mass is 9.84. The molecule has 26 heavy (non-hydrogen) atoms. The summed E-state index contributed by atoms with van der Waals surface area (Å²) in [5.41, 5.74) is 12.0. The summed E-state index contributed by atoms with van der Waals surface area (Å²) in [7, 11) is 0. The SMILES string of the molecule is Nc1cc(C(c2ccc(F)cc2)c2cc(N)c(O)c(F)c2)cc(F)c1O. The van der Waals surface area contributed by atoms with Crippen LogP contribution in [0.15, 0.2) is 48.5 Å². The van der Waals surface area contributed by atoms with Gasteiger partial charge in [0.05, 0.1) is 11.4 Å². The zero-order valence-corrected chi connectivity index (χ0v) is 13.4. The molecule has 0 saturated heterocycles. The summed E-state index contributed by atoms with van der Waals surface area (Å²) in [6, 6.07) is 10.1. The third-order valence-electron chi connectivity index (χ3n) is 4.10. The molecular formula is C19H15F3N2O2. The number of nitrogens with two attached hydrogens (primary N) is 2. The first-order valence-electron chi connectivity index (χ1n) is 7.59. The zero-order valence-electron chi connectivity index (χ0n) is 13.4. The smallest absolute Gasteiger partial charge is 0.174 e. The fraction of sp³-hybridized carbons (Fsp3) is 0.0526. The molecule has 0 aliphatic carbocycles. The number of phenols is 2. The predicted octanol–water partition coefficient (Wildman–Crippen LogP) is 3.86. The molecule has 0 aliphatic heterocycles. The third-order valence-corrected chi connectivity index (χ3v) is 4.10. The molecule has 6 N–H and O–H groups in total. The monoisotopic (exact) mass is 360 g/mol. The fourth-order valence-electron chi connectivity index (χ4n) is 2.85. The molecule has 0 unspecified atom stereocenters. The second kappa shape index (κ2) is 6.51. The highest BCUT2D eigenvalue weighted by molar-refractivity contribution is 5.60. The number of aromatic hydroxyl groups is 2. The number of anilines is 2. The highest BCUT2D eigenvalue weighted by Crippen LogP contribution is 2.39. The largest absolute Gasteiger partial charge is 0.503 e. The molecule has 3 aromatic carbocycles. The van der Waals surface area contributed by atoms with Crippen LogP contribution in [0.5, 0.6) is 11.5 Å². The van der Waals surface area contributed by atoms with E-state index in [2.05, 4.69) is 0 Å². The molecule has 0 atom stereocenters. The van der Waals surface area contributed by atoms with E-state index in [9.17, 15) is 23.4 Å². The van der Waals surface area contributed by atoms with Gasteiger partial charge in [-0.05, 0) is 53.1 Å². The molecule has 0 heterocycles. The lowest BCUT2D eigenvalue weighted by Gasteiger charge is -2.21. The Morgan fingerprint density at radius 1 is 0.654 bits per heavy atom. The van der Waals surface area contributed by atoms with Gasteiger partial charge in [0.25, 0.3) is 0 Å². The predicted molar refractivity (Wildman–Crippen MR) is 92.3 cm³/mol. The normalized spacial score (nSPS) is 11.1. The molecule has 3 rings (SSSR count). The minimum atomic E-state index is -0.945. The van der Waals surface area contributed by atoms with Gasteiger partial charge in [0.1, 0.15) is 5.82 Å². The molecule has 0 aromatic heterocycles. The van der Waals surface area contributed by atoms with Crippen LogP contribution in [0, 0.1) is 17.5 Å². The van der Waals surface area contributed by atoms with E-state index in [4.69, 9.17) is 11.5 Å². The summed E-state index contributed by atoms with van der Waals surface area (Å²) in [5, 5.41) is 19.1. The van der Waals surface area contributed by atoms with Crippen LogP contribution in [0.25, 0.3) is 0 Å². The van der Waals surface area contributed by atoms with Gasteiger partial charge < -0.3 is 21.7 Å². The maximum Gasteiger partial charge on any atom is 0.174 e. The number of hydrogen-bond donors (Lipinski definition) is 4. The molecule has 134 valence electrons. The van der Waals surface area contributed by atoms with Crippen LogP contribution in [-0.4, -0.2) is 10.2 Å². The van der Waals surface area contributed by atoms with Crippen molar-refractivity contribution in [3.8, 4) is 11.5 Å². The van der Waals surface area contributed by atoms with Gasteiger partial charge in [0.2, 0.25) is 0 Å². The van der Waals surface area contributed by atoms with Gasteiger partial charge in [-0.2, -0.15) is 0 Å². The molecule has 4 nitrogen and oxygen atoms in total. The summed E-state index contributed by atoms with van der Waals surface area (Å²) < 4.78 is 41.3. The highest BCUT2D eigenvalue weighted by Gasteiger charge is 2.22. The maximum atomic E-state index is 14.0. The van der Waals surface area contributed by atoms with Crippen molar-refractivity contribution in [2.75, 3.05) is 11.5 Å². The molecule has 0 saturated carbocycles. The maximum absolute atomic E-state index is 14.0. The van der Waals surface area contributed by atoms with Crippen molar-refractivity contribution in [3.05, 3.63) is 82.7 Å². The van der Waals surface area contributed by atoms with E-state index in [-0.39, 0.29) is 11.4 Å². The van der Waals surface area contributed by atoms with Crippen LogP contribution in [-0.2, 0) is 0 Å². The Morgan fingerprint density at radius 2 is 1.08 bits per heavy atom. The van der Waals surface area contributed by atoms with E-state index in [0.717, 1.165) is 12.1 Å². The van der Waals surface area contributed by atoms with Crippen molar-refractivity contribution in [1.29, 1.82) is 0 Å². The molecule has 0 fully saturated rings. The number of halogens is 3. The number of nitrogen functional groups attached to an aromatic ring is 2. The first-order valence-corrected chi connectivity index (χ1v) is 7.59. The van der Waals surface area contributed by atoms with Crippen molar-refractivity contribution in [2.24, 2.45) is 0 Å². The zero-order chi connectivity index (χ0) is 19.0. The Kier molecular flexibility index (Phi) is 4.38. The van der Waals surface area contributed by atoms with E-state index < -0.39 is 34.9 Å². The van der Waals surface area contributed by atoms with Crippen molar-refractivity contribution < 1.29 is 23.4 Å². The Morgan fingerprint density at radius 3 is 1.46 bits per heavy atom. The van der Waals surface area contributed by atoms with Crippen molar-refractivity contribution in [2.45, 2.75) is 5.92 Å². The summed E-state index contributed by atoms with van der Waals surface area (Å²) >= 11 is 0. The summed E-state index contributed by atoms with van der Waals surface area (Å²) in [6.07, 6.45) is 0. The molecular weight excluding hydrogens is 345 g/mol. The van der Waals surface area contributed by atoms with Gasteiger partial charge in [-0.3, -0.25) is 0 Å². The Balaban J connectivity index is 2.25. The number of hydrogen-bond acceptors (Lipinski definition) is 4. The van der Waals surface area contributed by atoms with E-state index >= 15 is 0 Å². The van der Waals surface area contributed by atoms with Crippen LogP contribution in [0.3, 0.4) is 0 Å². The quantitative estimate of drug-likeness (QED) is 0.324. The average molecular weight is 360 g/mol. The third kappa shape index (κ3) is 3.11. The van der Waals surface area contributed by atoms with Gasteiger partial charge >= 0.3 is 0 Å². The van der Waals surface area contributed by atoms with Gasteiger partial charge in [-0.1, -0.05) is 12.1 Å². The standard InChI is InChI=1S/C19H15F3N2O2/c20-12-3-1-9(2-4-12)17(10-5-13(21)18(25)15(23)7-10)11-6-14(22)19(26)16(24)8-11/h1-8,17,25-26H,23-24H2. The Hall–Kier alpha value is -3.35. The van der Waals surface area contributed by atoms with Crippen LogP contribution in [0.2, 0.25) is 0 Å². The van der Waals surface area contributed by atoms with Gasteiger partial charge in [-0.25, -0.2) is 13.2 Å². The van der Waals surface area contributed by atoms with Gasteiger partial charge in [0.15, 0.2) is 23.1 Å². The summed E-state index contributed by atoms with van der Waals surface area (Å²) in [6.45, 7) is 0. The first-order chi connectivity index (χ1) is 12.3. The van der Waals surface area contributed by atoms with E-state index in [0.29, 0.717) is 16.7 Å². The van der Waals surface area contributed by atoms with Crippen LogP contribution in [0.4, 0.5) is 24.5 Å². The summed E-state index contributed by atoms with van der Waals surface area (Å²) in [4.78, 5) is 0. The second-order valence-electron chi connectivity index (χ2n) is 5.87. The molecule has 3 aromatic rings. The fourth-order valence-corrected chi connectivity index (χ4v) is 2.85. The van der Waals surface area contributed by atoms with Crippen LogP contribution < -0.4 is 11.5 Å². The lowest BCUT2D eigenvalue weighted by molar-refractivity contribution is 0.433. The summed E-state index contributed by atoms with van der Waals surface area (Å²) in [5.74, 6) is -4.50. The minimum absolute atomic E-state index is 0.195. The number of rotatable bonds is 3. The molecule has 7 heteroatoms. The molecule has 0 bridgehead atoms. The topological polar surface area (TPSA) is 92.5 Å². The molecule has 0 spiro atoms. The molecule has 0 radical (unpaired) electrons. The minimum Gasteiger partial charge on any atom is -0.503 e. The van der Waals surface area contributed by atoms with E-state index in [1.165, 1.54) is 36.4 Å². The first kappa shape index (κ1) is 17.5. The van der Waals surface area contributed by atoms with Crippen LogP contribution in [0.1, 0.15) is 22.6 Å². The number of phenolic OH excluding ortho intramolecular Hbond substituents is 2. The van der Waals surface area contributed by atoms with Crippen molar-refractivity contribution in [3.63, 3.8) is 0 Å². The second-order valence-corrected chi connectivity index (χ2v) is 5.87. The molecule has 0 amide bonds. The Bertz CT molecular complexity index is 872. The van der Waals surface area contributed by atoms with Crippen molar-refractivity contribution in [1.82, 2.24) is 0 Å². The highest BCUT2D eigenvalue weighted by atomic mass is 19.1. The van der Waals surface area contributed by atoms with Crippen LogP contribution >= 0.6 is 0 Å². The van der Waals surface area contributed by atoms with E-state index in [1.54, 1.807) is 0 Å². The lowest BCUT2D eigenvalue weighted by Crippen LogP contribution is -2.07. The van der Waals surface area contributed by atoms with E-state index in [1.807, 2.05) is 0 Å². The van der Waals surface area contributed by atoms with Gasteiger partial charge in [-0.15, -0.1) is 0 Å². The number of benzene rings is 3. The van der Waals surface area contributed by atoms with Crippen molar-refractivity contribution >= 4 is 11.4 Å². The van der Waals surface area contributed by atoms with Gasteiger partial charge in [0, 0.05) is 5.92 Å².